The van der Waals surface area contributed by atoms with E-state index in [1.807, 2.05) is 6.92 Å². The van der Waals surface area contributed by atoms with E-state index in [-0.39, 0.29) is 12.5 Å². The first-order valence-electron chi connectivity index (χ1n) is 19.9. The minimum absolute atomic E-state index is 0.141. The highest BCUT2D eigenvalue weighted by atomic mass is 16.7. The summed E-state index contributed by atoms with van der Waals surface area (Å²) >= 11 is 0. The Kier molecular flexibility index (Phi) is 17.1. The van der Waals surface area contributed by atoms with Gasteiger partial charge in [0.15, 0.2) is 18.4 Å². The van der Waals surface area contributed by atoms with Gasteiger partial charge in [0.05, 0.1) is 48.5 Å². The second kappa shape index (κ2) is 20.0. The summed E-state index contributed by atoms with van der Waals surface area (Å²) in [6, 6.07) is 0. The number of esters is 3. The molecule has 56 heavy (non-hydrogen) atoms. The average Bonchev–Trinajstić information content (AvgIpc) is 3.10. The van der Waals surface area contributed by atoms with Crippen molar-refractivity contribution < 1.29 is 72.4 Å². The Balaban J connectivity index is 2.23. The molecule has 15 heteroatoms. The van der Waals surface area contributed by atoms with Crippen LogP contribution in [-0.2, 0) is 57.1 Å². The van der Waals surface area contributed by atoms with Gasteiger partial charge in [-0.05, 0) is 65.5 Å². The normalized spacial score (nSPS) is 43.1. The van der Waals surface area contributed by atoms with Crippen LogP contribution in [0.1, 0.15) is 103 Å². The van der Waals surface area contributed by atoms with Gasteiger partial charge in [-0.2, -0.15) is 0 Å². The smallest absolute Gasteiger partial charge is 0.311 e. The zero-order chi connectivity index (χ0) is 42.6. The second-order valence-corrected chi connectivity index (χ2v) is 16.9. The lowest BCUT2D eigenvalue weighted by Crippen LogP contribution is -2.55. The maximum absolute atomic E-state index is 14.5. The molecule has 322 valence electrons. The number of ether oxygens (including phenoxy) is 8. The van der Waals surface area contributed by atoms with Gasteiger partial charge in [-0.15, -0.1) is 0 Å². The minimum atomic E-state index is -1.98. The molecule has 0 spiro atoms. The highest BCUT2D eigenvalue weighted by molar-refractivity contribution is 5.89. The van der Waals surface area contributed by atoms with Crippen molar-refractivity contribution in [2.75, 3.05) is 7.11 Å². The van der Waals surface area contributed by atoms with Gasteiger partial charge in [0, 0.05) is 45.1 Å². The summed E-state index contributed by atoms with van der Waals surface area (Å²) in [6.07, 6.45) is -8.88. The quantitative estimate of drug-likeness (QED) is 0.173. The zero-order valence-electron chi connectivity index (χ0n) is 35.6. The lowest BCUT2D eigenvalue weighted by atomic mass is 9.74. The fourth-order valence-electron chi connectivity index (χ4n) is 8.64. The highest BCUT2D eigenvalue weighted by Gasteiger charge is 2.50. The van der Waals surface area contributed by atoms with Gasteiger partial charge in [0.2, 0.25) is 0 Å². The van der Waals surface area contributed by atoms with Gasteiger partial charge < -0.3 is 53.2 Å². The molecule has 0 aromatic rings. The third-order valence-electron chi connectivity index (χ3n) is 11.9. The van der Waals surface area contributed by atoms with Gasteiger partial charge >= 0.3 is 17.9 Å². The fraction of sp³-hybridized carbons (Fsp3) is 0.854. The summed E-state index contributed by atoms with van der Waals surface area (Å²) in [5.41, 5.74) is -1.30. The number of hydrogen-bond donors (Lipinski definition) is 3. The molecule has 0 bridgehead atoms. The molecule has 19 atom stereocenters. The van der Waals surface area contributed by atoms with E-state index in [9.17, 15) is 34.5 Å². The molecule has 0 aromatic carbocycles. The predicted octanol–water partition coefficient (Wildman–Crippen LogP) is 3.66. The van der Waals surface area contributed by atoms with Crippen molar-refractivity contribution in [2.24, 2.45) is 35.5 Å². The number of Topliss-reactive ketones (excluding diaryl/α,β-unsaturated/α-hetero) is 1. The van der Waals surface area contributed by atoms with E-state index in [1.54, 1.807) is 68.4 Å². The lowest BCUT2D eigenvalue weighted by Gasteiger charge is -2.45. The van der Waals surface area contributed by atoms with Gasteiger partial charge in [-0.25, -0.2) is 0 Å². The maximum atomic E-state index is 14.5. The molecule has 2 saturated heterocycles. The molecule has 0 aromatic heterocycles. The zero-order valence-corrected chi connectivity index (χ0v) is 35.6. The predicted molar refractivity (Wildman–Crippen MR) is 201 cm³/mol. The molecule has 0 radical (unpaired) electrons. The van der Waals surface area contributed by atoms with E-state index < -0.39 is 132 Å². The summed E-state index contributed by atoms with van der Waals surface area (Å²) in [4.78, 5) is 53.1. The van der Waals surface area contributed by atoms with E-state index in [1.165, 1.54) is 27.9 Å². The van der Waals surface area contributed by atoms with Crippen LogP contribution >= 0.6 is 0 Å². The molecule has 3 aliphatic rings. The molecule has 0 amide bonds. The largest absolute Gasteiger partial charge is 0.461 e. The number of rotatable bonds is 9. The Morgan fingerprint density at radius 1 is 0.893 bits per heavy atom. The fourth-order valence-corrected chi connectivity index (χ4v) is 8.64. The molecule has 3 rings (SSSR count). The maximum Gasteiger partial charge on any atom is 0.311 e. The third-order valence-corrected chi connectivity index (χ3v) is 11.9. The Morgan fingerprint density at radius 3 is 2.04 bits per heavy atom. The number of carbonyl (C=O) groups excluding carboxylic acids is 4. The van der Waals surface area contributed by atoms with E-state index in [2.05, 4.69) is 0 Å². The van der Waals surface area contributed by atoms with Crippen molar-refractivity contribution in [3.05, 3.63) is 11.6 Å². The lowest BCUT2D eigenvalue weighted by molar-refractivity contribution is -0.298. The molecule has 3 aliphatic heterocycles. The third kappa shape index (κ3) is 11.6. The molecular formula is C41H68O15. The van der Waals surface area contributed by atoms with Gasteiger partial charge in [0.25, 0.3) is 0 Å². The number of aliphatic hydroxyl groups is 3. The van der Waals surface area contributed by atoms with Crippen molar-refractivity contribution in [1.29, 1.82) is 0 Å². The highest BCUT2D eigenvalue weighted by Crippen LogP contribution is 2.39. The van der Waals surface area contributed by atoms with Crippen molar-refractivity contribution in [2.45, 2.75) is 182 Å². The van der Waals surface area contributed by atoms with Crippen LogP contribution in [0.2, 0.25) is 0 Å². The van der Waals surface area contributed by atoms with E-state index in [0.717, 1.165) is 0 Å². The number of ketones is 1. The number of cyclic esters (lactones) is 1. The number of hydrogen-bond acceptors (Lipinski definition) is 15. The van der Waals surface area contributed by atoms with Crippen LogP contribution in [0.15, 0.2) is 11.6 Å². The summed E-state index contributed by atoms with van der Waals surface area (Å²) in [6.45, 7) is 20.9. The molecule has 19 unspecified atom stereocenters. The average molecular weight is 801 g/mol. The van der Waals surface area contributed by atoms with Crippen LogP contribution < -0.4 is 0 Å². The molecule has 0 aliphatic carbocycles. The van der Waals surface area contributed by atoms with E-state index in [4.69, 9.17) is 37.9 Å². The topological polar surface area (TPSA) is 203 Å². The first kappa shape index (κ1) is 47.9. The van der Waals surface area contributed by atoms with Crippen LogP contribution in [0.3, 0.4) is 0 Å². The second-order valence-electron chi connectivity index (χ2n) is 16.9. The van der Waals surface area contributed by atoms with Crippen molar-refractivity contribution >= 4 is 23.7 Å². The van der Waals surface area contributed by atoms with Crippen LogP contribution in [0.25, 0.3) is 0 Å². The van der Waals surface area contributed by atoms with E-state index >= 15 is 0 Å². The minimum Gasteiger partial charge on any atom is -0.461 e. The van der Waals surface area contributed by atoms with Crippen LogP contribution in [0.4, 0.5) is 0 Å². The monoisotopic (exact) mass is 800 g/mol. The Hall–Kier alpha value is -2.50. The summed E-state index contributed by atoms with van der Waals surface area (Å²) in [5, 5.41) is 34.1. The molecule has 0 saturated carbocycles. The van der Waals surface area contributed by atoms with Gasteiger partial charge in [0.1, 0.15) is 30.0 Å². The summed E-state index contributed by atoms with van der Waals surface area (Å²) in [7, 11) is 1.49. The molecular weight excluding hydrogens is 732 g/mol. The molecule has 2 fully saturated rings. The molecule has 3 N–H and O–H groups in total. The number of carbonyl (C=O) groups is 4. The van der Waals surface area contributed by atoms with Crippen molar-refractivity contribution in [1.82, 2.24) is 0 Å². The van der Waals surface area contributed by atoms with Gasteiger partial charge in [-0.1, -0.05) is 34.6 Å². The van der Waals surface area contributed by atoms with Crippen LogP contribution in [0.5, 0.6) is 0 Å². The Morgan fingerprint density at radius 2 is 1.50 bits per heavy atom. The van der Waals surface area contributed by atoms with E-state index in [0.29, 0.717) is 12.0 Å². The summed E-state index contributed by atoms with van der Waals surface area (Å²) in [5.74, 6) is -7.44. The SMILES string of the molecule is COC1CC(C)OC(OC2C(C)CC(C)(O)C(=O)C(C)C(OC(C)=O)C(C)C(C(C)C(C)O)OC(=O)C(C)C(OC3C=C(C)C(OC(C)=O)C(C)O3)C2C)C1O. The van der Waals surface area contributed by atoms with Crippen LogP contribution in [-0.4, -0.2) is 125 Å². The standard InChI is InChI=1S/C41H68O15/c1-18-15-31(51-27(10)34(18)52-28(11)43)54-37-22(5)33(56-40-32(45)30(49-14)16-20(3)50-40)19(2)17-41(13,48)38(46)24(7)36(53-29(12)44)23(6)35(21(4)26(9)42)55-39(47)25(37)8/h15,19-27,30-37,40,42,45,48H,16-17H2,1-14H3. The first-order valence-corrected chi connectivity index (χ1v) is 19.9. The van der Waals surface area contributed by atoms with Crippen molar-refractivity contribution in [3.8, 4) is 0 Å². The first-order chi connectivity index (χ1) is 25.9. The number of aliphatic hydroxyl groups excluding tert-OH is 2. The Bertz CT molecular complexity index is 1380. The number of methoxy groups -OCH3 is 1. The van der Waals surface area contributed by atoms with Crippen LogP contribution in [0, 0.1) is 35.5 Å². The molecule has 3 heterocycles. The Labute approximate surface area is 332 Å². The van der Waals surface area contributed by atoms with Crippen molar-refractivity contribution in [3.63, 3.8) is 0 Å². The summed E-state index contributed by atoms with van der Waals surface area (Å²) < 4.78 is 48.6. The molecule has 15 nitrogen and oxygen atoms in total. The van der Waals surface area contributed by atoms with Gasteiger partial charge in [-0.3, -0.25) is 19.2 Å².